The summed E-state index contributed by atoms with van der Waals surface area (Å²) >= 11 is 1.51. The zero-order valence-corrected chi connectivity index (χ0v) is 12.9. The van der Waals surface area contributed by atoms with Crippen molar-refractivity contribution in [3.8, 4) is 0 Å². The van der Waals surface area contributed by atoms with E-state index in [9.17, 15) is 0 Å². The molecule has 4 nitrogen and oxygen atoms in total. The predicted octanol–water partition coefficient (Wildman–Crippen LogP) is 2.69. The fourth-order valence-electron chi connectivity index (χ4n) is 1.79. The highest BCUT2D eigenvalue weighted by molar-refractivity contribution is 7.09. The second-order valence-electron chi connectivity index (χ2n) is 5.53. The molecule has 0 fully saturated rings. The Morgan fingerprint density at radius 3 is 2.56 bits per heavy atom. The molecule has 0 aliphatic carbocycles. The number of nitrogens with zero attached hydrogens (tertiary/aromatic N) is 3. The summed E-state index contributed by atoms with van der Waals surface area (Å²) in [6.45, 7) is 11.4. The predicted molar refractivity (Wildman–Crippen MR) is 79.2 cm³/mol. The van der Waals surface area contributed by atoms with Gasteiger partial charge in [-0.1, -0.05) is 27.7 Å². The number of hydrogen-bond acceptors (Lipinski definition) is 5. The van der Waals surface area contributed by atoms with E-state index in [4.69, 9.17) is 5.73 Å². The Morgan fingerprint density at radius 2 is 2.00 bits per heavy atom. The Kier molecular flexibility index (Phi) is 6.02. The number of anilines is 1. The van der Waals surface area contributed by atoms with Gasteiger partial charge in [-0.2, -0.15) is 4.37 Å². The van der Waals surface area contributed by atoms with Gasteiger partial charge in [0.2, 0.25) is 5.13 Å². The molecule has 0 aliphatic rings. The molecule has 0 aromatic carbocycles. The summed E-state index contributed by atoms with van der Waals surface area (Å²) in [4.78, 5) is 6.95. The van der Waals surface area contributed by atoms with Crippen LogP contribution >= 0.6 is 11.5 Å². The van der Waals surface area contributed by atoms with Crippen LogP contribution in [-0.2, 0) is 6.42 Å². The van der Waals surface area contributed by atoms with E-state index in [0.29, 0.717) is 6.54 Å². The Hall–Kier alpha value is -0.680. The van der Waals surface area contributed by atoms with Crippen molar-refractivity contribution in [2.24, 2.45) is 11.1 Å². The first-order chi connectivity index (χ1) is 8.52. The second kappa shape index (κ2) is 7.04. The summed E-state index contributed by atoms with van der Waals surface area (Å²) in [6, 6.07) is 0. The van der Waals surface area contributed by atoms with Crippen LogP contribution in [0.4, 0.5) is 5.13 Å². The van der Waals surface area contributed by atoms with Crippen molar-refractivity contribution in [2.75, 3.05) is 24.5 Å². The summed E-state index contributed by atoms with van der Waals surface area (Å²) in [7, 11) is 0. The third kappa shape index (κ3) is 4.53. The summed E-state index contributed by atoms with van der Waals surface area (Å²) in [5, 5.41) is 1.04. The molecule has 0 aliphatic heterocycles. The first kappa shape index (κ1) is 15.4. The molecule has 0 spiro atoms. The normalized spacial score (nSPS) is 11.8. The van der Waals surface area contributed by atoms with Gasteiger partial charge in [0.05, 0.1) is 0 Å². The zero-order valence-electron chi connectivity index (χ0n) is 12.1. The Morgan fingerprint density at radius 1 is 1.28 bits per heavy atom. The van der Waals surface area contributed by atoms with Crippen molar-refractivity contribution >= 4 is 16.7 Å². The number of rotatable bonds is 8. The van der Waals surface area contributed by atoms with Crippen LogP contribution in [0.25, 0.3) is 0 Å². The van der Waals surface area contributed by atoms with Gasteiger partial charge in [0, 0.05) is 31.0 Å². The Labute approximate surface area is 115 Å². The molecule has 1 heterocycles. The van der Waals surface area contributed by atoms with Gasteiger partial charge in [0.25, 0.3) is 0 Å². The number of hydrogen-bond donors (Lipinski definition) is 1. The maximum Gasteiger partial charge on any atom is 0.205 e. The fourth-order valence-corrected chi connectivity index (χ4v) is 2.53. The van der Waals surface area contributed by atoms with Crippen molar-refractivity contribution in [2.45, 2.75) is 47.0 Å². The fraction of sp³-hybridized carbons (Fsp3) is 0.846. The van der Waals surface area contributed by atoms with Crippen LogP contribution in [0.3, 0.4) is 0 Å². The van der Waals surface area contributed by atoms with Gasteiger partial charge in [0.1, 0.15) is 5.82 Å². The van der Waals surface area contributed by atoms with Crippen molar-refractivity contribution in [1.82, 2.24) is 9.36 Å². The molecule has 18 heavy (non-hydrogen) atoms. The summed E-state index contributed by atoms with van der Waals surface area (Å²) in [5.74, 6) is 0.976. The molecule has 5 heteroatoms. The van der Waals surface area contributed by atoms with Crippen LogP contribution in [0.15, 0.2) is 0 Å². The highest BCUT2D eigenvalue weighted by Crippen LogP contribution is 2.23. The van der Waals surface area contributed by atoms with E-state index in [0.717, 1.165) is 43.3 Å². The summed E-state index contributed by atoms with van der Waals surface area (Å²) in [5.41, 5.74) is 5.94. The molecule has 2 N–H and O–H groups in total. The molecule has 0 atom stereocenters. The van der Waals surface area contributed by atoms with Gasteiger partial charge >= 0.3 is 0 Å². The molecule has 1 aromatic heterocycles. The quantitative estimate of drug-likeness (QED) is 0.789. The molecule has 0 amide bonds. The maximum absolute atomic E-state index is 5.82. The van der Waals surface area contributed by atoms with Crippen molar-refractivity contribution in [3.63, 3.8) is 0 Å². The molecule has 1 aromatic rings. The smallest absolute Gasteiger partial charge is 0.205 e. The van der Waals surface area contributed by atoms with Gasteiger partial charge in [-0.05, 0) is 24.8 Å². The molecule has 0 saturated heterocycles. The Balaban J connectivity index is 2.76. The van der Waals surface area contributed by atoms with E-state index < -0.39 is 0 Å². The lowest BCUT2D eigenvalue weighted by Gasteiger charge is -2.31. The van der Waals surface area contributed by atoms with Crippen molar-refractivity contribution in [3.05, 3.63) is 5.82 Å². The van der Waals surface area contributed by atoms with Crippen LogP contribution in [0.5, 0.6) is 0 Å². The molecule has 104 valence electrons. The van der Waals surface area contributed by atoms with E-state index in [1.165, 1.54) is 11.5 Å². The lowest BCUT2D eigenvalue weighted by atomic mass is 9.93. The van der Waals surface area contributed by atoms with Crippen LogP contribution in [0.2, 0.25) is 0 Å². The minimum atomic E-state index is 0.117. The minimum absolute atomic E-state index is 0.117. The molecular weight excluding hydrogens is 244 g/mol. The van der Waals surface area contributed by atoms with Crippen molar-refractivity contribution in [1.29, 1.82) is 0 Å². The average Bonchev–Trinajstić information content (AvgIpc) is 2.77. The number of nitrogens with two attached hydrogens (primary N) is 1. The highest BCUT2D eigenvalue weighted by atomic mass is 32.1. The van der Waals surface area contributed by atoms with Gasteiger partial charge in [0.15, 0.2) is 0 Å². The maximum atomic E-state index is 5.82. The molecule has 0 saturated carbocycles. The first-order valence-electron chi connectivity index (χ1n) is 6.80. The largest absolute Gasteiger partial charge is 0.346 e. The molecule has 0 unspecified atom stereocenters. The zero-order chi connectivity index (χ0) is 13.6. The van der Waals surface area contributed by atoms with E-state index in [1.54, 1.807) is 0 Å². The van der Waals surface area contributed by atoms with Gasteiger partial charge in [-0.25, -0.2) is 4.98 Å². The standard InChI is InChI=1S/C13H26N4S/c1-5-7-11-15-12(18-16-11)17(8-6-2)10-13(3,4)9-14/h5-10,14H2,1-4H3. The van der Waals surface area contributed by atoms with E-state index in [2.05, 4.69) is 42.0 Å². The van der Waals surface area contributed by atoms with Gasteiger partial charge in [-0.3, -0.25) is 0 Å². The SMILES string of the molecule is CCCc1nsc(N(CCC)CC(C)(C)CN)n1. The first-order valence-corrected chi connectivity index (χ1v) is 7.57. The third-order valence-corrected chi connectivity index (χ3v) is 3.68. The monoisotopic (exact) mass is 270 g/mol. The molecule has 1 rings (SSSR count). The van der Waals surface area contributed by atoms with Crippen LogP contribution in [0, 0.1) is 5.41 Å². The highest BCUT2D eigenvalue weighted by Gasteiger charge is 2.22. The van der Waals surface area contributed by atoms with Gasteiger partial charge in [-0.15, -0.1) is 0 Å². The van der Waals surface area contributed by atoms with E-state index in [-0.39, 0.29) is 5.41 Å². The van der Waals surface area contributed by atoms with Crippen molar-refractivity contribution < 1.29 is 0 Å². The number of aromatic nitrogens is 2. The van der Waals surface area contributed by atoms with Gasteiger partial charge < -0.3 is 10.6 Å². The van der Waals surface area contributed by atoms with Crippen LogP contribution in [0.1, 0.15) is 46.4 Å². The molecular formula is C13H26N4S. The third-order valence-electron chi connectivity index (χ3n) is 2.87. The van der Waals surface area contributed by atoms with E-state index >= 15 is 0 Å². The lowest BCUT2D eigenvalue weighted by Crippen LogP contribution is -2.39. The van der Waals surface area contributed by atoms with Crippen LogP contribution in [-0.4, -0.2) is 29.0 Å². The topological polar surface area (TPSA) is 55.0 Å². The minimum Gasteiger partial charge on any atom is -0.346 e. The molecule has 0 radical (unpaired) electrons. The Bertz CT molecular complexity index is 349. The average molecular weight is 270 g/mol. The second-order valence-corrected chi connectivity index (χ2v) is 6.26. The number of aryl methyl sites for hydroxylation is 1. The van der Waals surface area contributed by atoms with E-state index in [1.807, 2.05) is 0 Å². The van der Waals surface area contributed by atoms with Crippen LogP contribution < -0.4 is 10.6 Å². The summed E-state index contributed by atoms with van der Waals surface area (Å²) in [6.07, 6.45) is 3.18. The summed E-state index contributed by atoms with van der Waals surface area (Å²) < 4.78 is 4.42. The lowest BCUT2D eigenvalue weighted by molar-refractivity contribution is 0.377. The molecule has 0 bridgehead atoms.